The number of aryl methyl sites for hydroxylation is 1. The molecule has 1 atom stereocenters. The first-order chi connectivity index (χ1) is 15.2. The molecule has 2 aromatic heterocycles. The van der Waals surface area contributed by atoms with Crippen LogP contribution in [-0.2, 0) is 13.8 Å². The minimum absolute atomic E-state index is 0.0399. The van der Waals surface area contributed by atoms with Gasteiger partial charge in [0.05, 0.1) is 11.0 Å². The molecule has 0 radical (unpaired) electrons. The summed E-state index contributed by atoms with van der Waals surface area (Å²) in [6.45, 7) is 1.66. The van der Waals surface area contributed by atoms with Crippen molar-refractivity contribution in [3.63, 3.8) is 0 Å². The normalized spacial score (nSPS) is 16.5. The van der Waals surface area contributed by atoms with Gasteiger partial charge in [-0.15, -0.1) is 0 Å². The van der Waals surface area contributed by atoms with E-state index in [-0.39, 0.29) is 18.6 Å². The summed E-state index contributed by atoms with van der Waals surface area (Å²) in [5, 5.41) is 4.43. The summed E-state index contributed by atoms with van der Waals surface area (Å²) in [4.78, 5) is 19.9. The van der Waals surface area contributed by atoms with Gasteiger partial charge in [0.25, 0.3) is 5.91 Å². The summed E-state index contributed by atoms with van der Waals surface area (Å²) < 4.78 is 9.51. The monoisotopic (exact) mass is 415 g/mol. The molecule has 3 heterocycles. The minimum Gasteiger partial charge on any atom is -0.471 e. The van der Waals surface area contributed by atoms with E-state index in [4.69, 9.17) is 9.72 Å². The third-order valence-electron chi connectivity index (χ3n) is 5.86. The fraction of sp³-hybridized carbons (Fsp3) is 0.292. The molecular formula is C24H25N5O2. The van der Waals surface area contributed by atoms with E-state index in [1.54, 1.807) is 16.9 Å². The Balaban J connectivity index is 1.27. The second-order valence-electron chi connectivity index (χ2n) is 7.93. The Morgan fingerprint density at radius 3 is 2.74 bits per heavy atom. The molecule has 1 unspecified atom stereocenters. The van der Waals surface area contributed by atoms with Crippen molar-refractivity contribution >= 4 is 16.9 Å². The molecule has 0 spiro atoms. The van der Waals surface area contributed by atoms with Gasteiger partial charge in [-0.1, -0.05) is 30.3 Å². The van der Waals surface area contributed by atoms with Gasteiger partial charge in [-0.2, -0.15) is 5.10 Å². The molecule has 1 aliphatic rings. The van der Waals surface area contributed by atoms with Crippen molar-refractivity contribution in [3.8, 4) is 5.75 Å². The summed E-state index contributed by atoms with van der Waals surface area (Å²) in [5.41, 5.74) is 2.57. The molecule has 2 aromatic carbocycles. The van der Waals surface area contributed by atoms with Crippen molar-refractivity contribution in [1.82, 2.24) is 24.2 Å². The summed E-state index contributed by atoms with van der Waals surface area (Å²) in [6, 6.07) is 19.5. The van der Waals surface area contributed by atoms with Crippen molar-refractivity contribution < 1.29 is 9.53 Å². The lowest BCUT2D eigenvalue weighted by Gasteiger charge is -2.32. The minimum atomic E-state index is -0.0399. The molecule has 1 aliphatic heterocycles. The van der Waals surface area contributed by atoms with Crippen molar-refractivity contribution in [3.05, 3.63) is 78.4 Å². The zero-order valence-corrected chi connectivity index (χ0v) is 17.5. The number of fused-ring (bicyclic) bond motifs is 1. The second-order valence-corrected chi connectivity index (χ2v) is 7.93. The number of aromatic nitrogens is 4. The lowest BCUT2D eigenvalue weighted by Crippen LogP contribution is -2.40. The van der Waals surface area contributed by atoms with E-state index in [9.17, 15) is 4.79 Å². The van der Waals surface area contributed by atoms with Crippen LogP contribution in [0.3, 0.4) is 0 Å². The fourth-order valence-electron chi connectivity index (χ4n) is 4.27. The smallest absolute Gasteiger partial charge is 0.274 e. The molecule has 1 fully saturated rings. The number of nitrogens with zero attached hydrogens (tertiary/aromatic N) is 5. The molecular weight excluding hydrogens is 390 g/mol. The van der Waals surface area contributed by atoms with Crippen LogP contribution in [0.4, 0.5) is 0 Å². The van der Waals surface area contributed by atoms with Crippen molar-refractivity contribution in [2.45, 2.75) is 25.5 Å². The predicted molar refractivity (Wildman–Crippen MR) is 118 cm³/mol. The predicted octanol–water partition coefficient (Wildman–Crippen LogP) is 3.83. The number of likely N-dealkylation sites (tertiary alicyclic amines) is 1. The van der Waals surface area contributed by atoms with Gasteiger partial charge >= 0.3 is 0 Å². The van der Waals surface area contributed by atoms with Crippen molar-refractivity contribution in [2.75, 3.05) is 13.1 Å². The molecule has 5 rings (SSSR count). The molecule has 0 N–H and O–H groups in total. The maximum absolute atomic E-state index is 13.1. The van der Waals surface area contributed by atoms with Crippen LogP contribution < -0.4 is 4.74 Å². The molecule has 31 heavy (non-hydrogen) atoms. The second kappa shape index (κ2) is 8.26. The van der Waals surface area contributed by atoms with E-state index in [1.165, 1.54) is 0 Å². The quantitative estimate of drug-likeness (QED) is 0.497. The Morgan fingerprint density at radius 2 is 1.90 bits per heavy atom. The number of imidazole rings is 1. The molecule has 0 aliphatic carbocycles. The third-order valence-corrected chi connectivity index (χ3v) is 5.86. The van der Waals surface area contributed by atoms with Crippen LogP contribution in [0, 0.1) is 0 Å². The van der Waals surface area contributed by atoms with Gasteiger partial charge in [0.2, 0.25) is 0 Å². The number of amides is 1. The third kappa shape index (κ3) is 3.91. The highest BCUT2D eigenvalue weighted by Gasteiger charge is 2.29. The van der Waals surface area contributed by atoms with Crippen molar-refractivity contribution in [2.24, 2.45) is 7.05 Å². The summed E-state index contributed by atoms with van der Waals surface area (Å²) in [7, 11) is 2.06. The Bertz CT molecular complexity index is 1200. The molecule has 4 aromatic rings. The largest absolute Gasteiger partial charge is 0.471 e. The first kappa shape index (κ1) is 19.4. The van der Waals surface area contributed by atoms with Gasteiger partial charge in [-0.05, 0) is 43.2 Å². The average molecular weight is 415 g/mol. The zero-order chi connectivity index (χ0) is 21.2. The van der Waals surface area contributed by atoms with E-state index < -0.39 is 0 Å². The number of hydrogen-bond acceptors (Lipinski definition) is 4. The highest BCUT2D eigenvalue weighted by molar-refractivity contribution is 5.92. The summed E-state index contributed by atoms with van der Waals surface area (Å²) in [6.07, 6.45) is 3.76. The lowest BCUT2D eigenvalue weighted by atomic mass is 9.97. The molecule has 7 heteroatoms. The maximum atomic E-state index is 13.1. The number of rotatable bonds is 5. The SMILES string of the molecule is Cn1c(C2CCCN(C(=O)c3ccn(COc4ccccc4)n3)C2)nc2ccccc21. The van der Waals surface area contributed by atoms with E-state index in [0.29, 0.717) is 12.2 Å². The van der Waals surface area contributed by atoms with Crippen molar-refractivity contribution in [1.29, 1.82) is 0 Å². The lowest BCUT2D eigenvalue weighted by molar-refractivity contribution is 0.0695. The van der Waals surface area contributed by atoms with E-state index in [0.717, 1.165) is 42.0 Å². The molecule has 0 bridgehead atoms. The van der Waals surface area contributed by atoms with E-state index >= 15 is 0 Å². The van der Waals surface area contributed by atoms with Gasteiger partial charge in [0.1, 0.15) is 11.6 Å². The number of piperidine rings is 1. The number of para-hydroxylation sites is 3. The molecule has 0 saturated carbocycles. The van der Waals surface area contributed by atoms with Crippen LogP contribution in [0.5, 0.6) is 5.75 Å². The Labute approximate surface area is 180 Å². The van der Waals surface area contributed by atoms with Crippen LogP contribution in [0.2, 0.25) is 0 Å². The Kier molecular flexibility index (Phi) is 5.16. The Morgan fingerprint density at radius 1 is 1.10 bits per heavy atom. The maximum Gasteiger partial charge on any atom is 0.274 e. The van der Waals surface area contributed by atoms with Crippen LogP contribution in [0.25, 0.3) is 11.0 Å². The summed E-state index contributed by atoms with van der Waals surface area (Å²) >= 11 is 0. The number of hydrogen-bond donors (Lipinski definition) is 0. The zero-order valence-electron chi connectivity index (χ0n) is 17.5. The molecule has 1 amide bonds. The van der Waals surface area contributed by atoms with Gasteiger partial charge in [0.15, 0.2) is 12.4 Å². The highest BCUT2D eigenvalue weighted by atomic mass is 16.5. The summed E-state index contributed by atoms with van der Waals surface area (Å²) in [5.74, 6) is 1.99. The number of carbonyl (C=O) groups is 1. The van der Waals surface area contributed by atoms with Crippen LogP contribution in [0.15, 0.2) is 66.9 Å². The number of carbonyl (C=O) groups excluding carboxylic acids is 1. The fourth-order valence-corrected chi connectivity index (χ4v) is 4.27. The average Bonchev–Trinajstić information content (AvgIpc) is 3.43. The van der Waals surface area contributed by atoms with Gasteiger partial charge < -0.3 is 14.2 Å². The van der Waals surface area contributed by atoms with E-state index in [2.05, 4.69) is 22.8 Å². The molecule has 7 nitrogen and oxygen atoms in total. The van der Waals surface area contributed by atoms with Gasteiger partial charge in [-0.3, -0.25) is 4.79 Å². The van der Waals surface area contributed by atoms with Gasteiger partial charge in [0, 0.05) is 32.3 Å². The van der Waals surface area contributed by atoms with Crippen LogP contribution in [0.1, 0.15) is 35.1 Å². The molecule has 158 valence electrons. The van der Waals surface area contributed by atoms with Gasteiger partial charge in [-0.25, -0.2) is 9.67 Å². The first-order valence-electron chi connectivity index (χ1n) is 10.6. The van der Waals surface area contributed by atoms with Crippen LogP contribution >= 0.6 is 0 Å². The number of ether oxygens (including phenoxy) is 1. The topological polar surface area (TPSA) is 65.2 Å². The van der Waals surface area contributed by atoms with E-state index in [1.807, 2.05) is 53.4 Å². The number of benzene rings is 2. The Hall–Kier alpha value is -3.61. The van der Waals surface area contributed by atoms with Crippen LogP contribution in [-0.4, -0.2) is 43.2 Å². The standard InChI is InChI=1S/C24H25N5O2/c1-27-22-12-6-5-11-20(22)25-23(27)18-8-7-14-28(16-18)24(30)21-13-15-29(26-21)17-31-19-9-3-2-4-10-19/h2-6,9-13,15,18H,7-8,14,16-17H2,1H3. The first-order valence-corrected chi connectivity index (χ1v) is 10.6. The highest BCUT2D eigenvalue weighted by Crippen LogP contribution is 2.29. The molecule has 1 saturated heterocycles.